The highest BCUT2D eigenvalue weighted by Crippen LogP contribution is 2.43. The molecular formula is C25H20Cl2FN5O2S. The van der Waals surface area contributed by atoms with Crippen LogP contribution in [0.5, 0.6) is 5.88 Å². The maximum Gasteiger partial charge on any atom is 0.230 e. The minimum atomic E-state index is -0.363. The van der Waals surface area contributed by atoms with Gasteiger partial charge in [-0.25, -0.2) is 4.39 Å². The summed E-state index contributed by atoms with van der Waals surface area (Å²) in [6, 6.07) is 15.3. The van der Waals surface area contributed by atoms with Gasteiger partial charge in [0.2, 0.25) is 16.7 Å². The van der Waals surface area contributed by atoms with E-state index in [0.29, 0.717) is 63.3 Å². The van der Waals surface area contributed by atoms with E-state index in [2.05, 4.69) is 15.0 Å². The second kappa shape index (κ2) is 9.40. The number of halogens is 3. The van der Waals surface area contributed by atoms with Crippen LogP contribution in [0.2, 0.25) is 10.0 Å². The van der Waals surface area contributed by atoms with Gasteiger partial charge in [0.15, 0.2) is 5.76 Å². The normalized spacial score (nSPS) is 15.6. The third-order valence-corrected chi connectivity index (χ3v) is 7.95. The van der Waals surface area contributed by atoms with E-state index >= 15 is 0 Å². The summed E-state index contributed by atoms with van der Waals surface area (Å²) in [5, 5.41) is 16.7. The first kappa shape index (κ1) is 23.3. The highest BCUT2D eigenvalue weighted by molar-refractivity contribution is 7.17. The Morgan fingerprint density at radius 2 is 1.83 bits per heavy atom. The zero-order valence-corrected chi connectivity index (χ0v) is 21.1. The van der Waals surface area contributed by atoms with Gasteiger partial charge in [0, 0.05) is 36.2 Å². The van der Waals surface area contributed by atoms with E-state index in [-0.39, 0.29) is 17.7 Å². The van der Waals surface area contributed by atoms with E-state index in [1.54, 1.807) is 42.7 Å². The SMILES string of the molecule is Oc1c(C(c2ccc(Cl)cc2Cl)N2CCN(c3ccccc3F)CC2)sc2nc(-c3ccco3)nn12. The highest BCUT2D eigenvalue weighted by atomic mass is 35.5. The average molecular weight is 544 g/mol. The van der Waals surface area contributed by atoms with E-state index in [1.165, 1.54) is 21.9 Å². The monoisotopic (exact) mass is 543 g/mol. The fraction of sp³-hybridized carbons (Fsp3) is 0.200. The largest absolute Gasteiger partial charge is 0.492 e. The number of fused-ring (bicyclic) bond motifs is 1. The molecule has 6 rings (SSSR count). The first-order valence-electron chi connectivity index (χ1n) is 11.3. The highest BCUT2D eigenvalue weighted by Gasteiger charge is 2.33. The fourth-order valence-corrected chi connectivity index (χ4v) is 6.21. The van der Waals surface area contributed by atoms with Gasteiger partial charge in [-0.15, -0.1) is 5.10 Å². The molecule has 1 atom stereocenters. The molecule has 1 aliphatic rings. The molecule has 5 aromatic rings. The minimum Gasteiger partial charge on any atom is -0.492 e. The number of furan rings is 1. The van der Waals surface area contributed by atoms with Crippen LogP contribution in [-0.2, 0) is 0 Å². The van der Waals surface area contributed by atoms with Crippen molar-refractivity contribution in [2.45, 2.75) is 6.04 Å². The summed E-state index contributed by atoms with van der Waals surface area (Å²) >= 11 is 14.2. The third kappa shape index (κ3) is 4.12. The van der Waals surface area contributed by atoms with Crippen molar-refractivity contribution in [2.24, 2.45) is 0 Å². The van der Waals surface area contributed by atoms with Gasteiger partial charge in [-0.05, 0) is 42.0 Å². The molecule has 0 radical (unpaired) electrons. The van der Waals surface area contributed by atoms with Crippen LogP contribution in [0, 0.1) is 5.82 Å². The summed E-state index contributed by atoms with van der Waals surface area (Å²) in [5.74, 6) is 0.674. The summed E-state index contributed by atoms with van der Waals surface area (Å²) in [6.07, 6.45) is 1.55. The smallest absolute Gasteiger partial charge is 0.230 e. The van der Waals surface area contributed by atoms with Crippen LogP contribution >= 0.6 is 34.5 Å². The van der Waals surface area contributed by atoms with E-state index < -0.39 is 0 Å². The van der Waals surface area contributed by atoms with Crippen molar-refractivity contribution in [1.29, 1.82) is 0 Å². The summed E-state index contributed by atoms with van der Waals surface area (Å²) in [6.45, 7) is 2.49. The topological polar surface area (TPSA) is 70.0 Å². The van der Waals surface area contributed by atoms with Crippen molar-refractivity contribution in [1.82, 2.24) is 19.5 Å². The van der Waals surface area contributed by atoms with Gasteiger partial charge in [-0.3, -0.25) is 4.90 Å². The molecule has 1 fully saturated rings. The van der Waals surface area contributed by atoms with Crippen molar-refractivity contribution in [3.63, 3.8) is 0 Å². The van der Waals surface area contributed by atoms with Crippen molar-refractivity contribution in [3.8, 4) is 17.5 Å². The van der Waals surface area contributed by atoms with E-state index in [4.69, 9.17) is 27.6 Å². The molecular weight excluding hydrogens is 524 g/mol. The van der Waals surface area contributed by atoms with Crippen molar-refractivity contribution < 1.29 is 13.9 Å². The van der Waals surface area contributed by atoms with Gasteiger partial charge in [-0.1, -0.05) is 52.7 Å². The Bertz CT molecular complexity index is 1530. The second-order valence-corrected chi connectivity index (χ2v) is 10.3. The molecule has 1 aliphatic heterocycles. The van der Waals surface area contributed by atoms with Gasteiger partial charge in [0.25, 0.3) is 0 Å². The number of nitrogens with zero attached hydrogens (tertiary/aromatic N) is 5. The molecule has 1 saturated heterocycles. The number of anilines is 1. The standard InChI is InChI=1S/C25H20Cl2FN5O2S/c26-15-7-8-16(17(27)14-15)21(32-11-9-31(10-12-32)19-5-2-1-4-18(19)28)22-24(34)33-25(36-22)29-23(30-33)20-6-3-13-35-20/h1-8,13-14,21,34H,9-12H2. The van der Waals surface area contributed by atoms with Crippen molar-refractivity contribution >= 4 is 45.2 Å². The first-order valence-corrected chi connectivity index (χ1v) is 12.9. The minimum absolute atomic E-state index is 0.00661. The van der Waals surface area contributed by atoms with Gasteiger partial charge in [-0.2, -0.15) is 9.50 Å². The molecule has 0 amide bonds. The average Bonchev–Trinajstić information content (AvgIpc) is 3.60. The number of hydrogen-bond acceptors (Lipinski definition) is 7. The number of hydrogen-bond donors (Lipinski definition) is 1. The quantitative estimate of drug-likeness (QED) is 0.288. The molecule has 1 N–H and O–H groups in total. The predicted octanol–water partition coefficient (Wildman–Crippen LogP) is 6.11. The number of aromatic hydroxyl groups is 1. The Morgan fingerprint density at radius 1 is 1.03 bits per heavy atom. The Morgan fingerprint density at radius 3 is 2.53 bits per heavy atom. The van der Waals surface area contributed by atoms with Gasteiger partial charge < -0.3 is 14.4 Å². The van der Waals surface area contributed by atoms with Crippen LogP contribution in [0.4, 0.5) is 10.1 Å². The molecule has 11 heteroatoms. The zero-order valence-electron chi connectivity index (χ0n) is 18.8. The lowest BCUT2D eigenvalue weighted by atomic mass is 10.0. The number of rotatable bonds is 5. The summed E-state index contributed by atoms with van der Waals surface area (Å²) in [4.78, 5) is 10.0. The maximum atomic E-state index is 14.4. The fourth-order valence-electron chi connectivity index (χ4n) is 4.59. The van der Waals surface area contributed by atoms with Crippen LogP contribution < -0.4 is 4.90 Å². The Kier molecular flexibility index (Phi) is 6.08. The van der Waals surface area contributed by atoms with Gasteiger partial charge in [0.05, 0.1) is 22.9 Å². The lowest BCUT2D eigenvalue weighted by molar-refractivity contribution is 0.211. The molecule has 1 unspecified atom stereocenters. The number of para-hydroxylation sites is 1. The number of benzene rings is 2. The van der Waals surface area contributed by atoms with Crippen LogP contribution in [0.1, 0.15) is 16.5 Å². The Labute approximate surface area is 219 Å². The molecule has 36 heavy (non-hydrogen) atoms. The van der Waals surface area contributed by atoms with Crippen LogP contribution in [0.25, 0.3) is 16.5 Å². The van der Waals surface area contributed by atoms with Gasteiger partial charge >= 0.3 is 0 Å². The number of aromatic nitrogens is 3. The Hall–Kier alpha value is -3.11. The van der Waals surface area contributed by atoms with Crippen LogP contribution in [-0.4, -0.2) is 50.8 Å². The zero-order chi connectivity index (χ0) is 24.8. The van der Waals surface area contributed by atoms with Crippen molar-refractivity contribution in [3.05, 3.63) is 87.2 Å². The molecule has 2 aromatic carbocycles. The molecule has 4 heterocycles. The molecule has 0 saturated carbocycles. The molecule has 184 valence electrons. The van der Waals surface area contributed by atoms with Crippen LogP contribution in [0.15, 0.2) is 65.3 Å². The van der Waals surface area contributed by atoms with Crippen LogP contribution in [0.3, 0.4) is 0 Å². The molecule has 7 nitrogen and oxygen atoms in total. The molecule has 0 bridgehead atoms. The van der Waals surface area contributed by atoms with Crippen molar-refractivity contribution in [2.75, 3.05) is 31.1 Å². The van der Waals surface area contributed by atoms with E-state index in [0.717, 1.165) is 5.56 Å². The molecule has 0 spiro atoms. The predicted molar refractivity (Wildman–Crippen MR) is 139 cm³/mol. The Balaban J connectivity index is 1.37. The third-order valence-electron chi connectivity index (χ3n) is 6.32. The van der Waals surface area contributed by atoms with E-state index in [9.17, 15) is 9.50 Å². The second-order valence-electron chi connectivity index (χ2n) is 8.44. The summed E-state index contributed by atoms with van der Waals surface area (Å²) < 4.78 is 21.2. The number of piperazine rings is 1. The summed E-state index contributed by atoms with van der Waals surface area (Å²) in [5.41, 5.74) is 1.40. The maximum absolute atomic E-state index is 14.4. The van der Waals surface area contributed by atoms with Gasteiger partial charge in [0.1, 0.15) is 5.82 Å². The first-order chi connectivity index (χ1) is 17.5. The molecule has 3 aromatic heterocycles. The lowest BCUT2D eigenvalue weighted by Gasteiger charge is -2.40. The molecule has 0 aliphatic carbocycles. The lowest BCUT2D eigenvalue weighted by Crippen LogP contribution is -2.48. The number of thiazole rings is 1. The summed E-state index contributed by atoms with van der Waals surface area (Å²) in [7, 11) is 0. The van der Waals surface area contributed by atoms with E-state index in [1.807, 2.05) is 17.0 Å².